The van der Waals surface area contributed by atoms with Gasteiger partial charge in [0.25, 0.3) is 0 Å². The number of aryl methyl sites for hydroxylation is 2. The van der Waals surface area contributed by atoms with Gasteiger partial charge in [-0.1, -0.05) is 0 Å². The number of ether oxygens (including phenoxy) is 1. The molecule has 1 N–H and O–H groups in total. The van der Waals surface area contributed by atoms with Crippen LogP contribution in [0, 0.1) is 12.9 Å². The van der Waals surface area contributed by atoms with Crippen molar-refractivity contribution in [2.75, 3.05) is 20.3 Å². The molecule has 0 fully saturated rings. The van der Waals surface area contributed by atoms with Gasteiger partial charge in [0.1, 0.15) is 0 Å². The van der Waals surface area contributed by atoms with E-state index in [1.165, 1.54) is 4.68 Å². The van der Waals surface area contributed by atoms with Crippen LogP contribution in [0.3, 0.4) is 0 Å². The highest BCUT2D eigenvalue weighted by molar-refractivity contribution is 5.16. The summed E-state index contributed by atoms with van der Waals surface area (Å²) < 4.78 is 19.6. The lowest BCUT2D eigenvalue weighted by molar-refractivity contribution is 0.194. The second-order valence-electron chi connectivity index (χ2n) is 3.50. The first-order chi connectivity index (χ1) is 7.16. The molecule has 1 aromatic heterocycles. The molecule has 86 valence electrons. The fourth-order valence-corrected chi connectivity index (χ4v) is 1.43. The van der Waals surface area contributed by atoms with Gasteiger partial charge >= 0.3 is 0 Å². The van der Waals surface area contributed by atoms with Gasteiger partial charge in [-0.15, -0.1) is 0 Å². The van der Waals surface area contributed by atoms with Crippen LogP contribution in [0.25, 0.3) is 0 Å². The van der Waals surface area contributed by atoms with E-state index in [9.17, 15) is 4.39 Å². The van der Waals surface area contributed by atoms with E-state index in [1.807, 2.05) is 6.92 Å². The zero-order valence-corrected chi connectivity index (χ0v) is 9.51. The van der Waals surface area contributed by atoms with Crippen LogP contribution in [-0.2, 0) is 18.3 Å². The van der Waals surface area contributed by atoms with Crippen LogP contribution in [-0.4, -0.2) is 30.0 Å². The Hall–Kier alpha value is -0.940. The standard InChI is InChI=1S/C10H18FN3O/c1-8-9(10(11)14(2)13-8)7-12-5-4-6-15-3/h12H,4-7H2,1-3H3. The molecule has 0 aliphatic carbocycles. The van der Waals surface area contributed by atoms with Crippen LogP contribution in [0.4, 0.5) is 4.39 Å². The summed E-state index contributed by atoms with van der Waals surface area (Å²) in [5.74, 6) is -0.258. The minimum atomic E-state index is -0.258. The molecular weight excluding hydrogens is 197 g/mol. The molecule has 1 aromatic rings. The molecule has 0 unspecified atom stereocenters. The molecule has 0 aliphatic rings. The van der Waals surface area contributed by atoms with E-state index in [0.29, 0.717) is 12.1 Å². The first kappa shape index (κ1) is 12.1. The topological polar surface area (TPSA) is 39.1 Å². The van der Waals surface area contributed by atoms with Gasteiger partial charge in [0.2, 0.25) is 5.95 Å². The largest absolute Gasteiger partial charge is 0.385 e. The smallest absolute Gasteiger partial charge is 0.215 e. The first-order valence-electron chi connectivity index (χ1n) is 5.04. The van der Waals surface area contributed by atoms with E-state index in [0.717, 1.165) is 25.3 Å². The van der Waals surface area contributed by atoms with Gasteiger partial charge in [0, 0.05) is 32.9 Å². The van der Waals surface area contributed by atoms with Crippen molar-refractivity contribution in [3.8, 4) is 0 Å². The van der Waals surface area contributed by atoms with Gasteiger partial charge in [0.15, 0.2) is 0 Å². The predicted octanol–water partition coefficient (Wildman–Crippen LogP) is 0.994. The van der Waals surface area contributed by atoms with E-state index in [-0.39, 0.29) is 5.95 Å². The number of halogens is 1. The molecule has 1 heterocycles. The highest BCUT2D eigenvalue weighted by Gasteiger charge is 2.11. The quantitative estimate of drug-likeness (QED) is 0.719. The highest BCUT2D eigenvalue weighted by atomic mass is 19.1. The van der Waals surface area contributed by atoms with Crippen molar-refractivity contribution in [1.29, 1.82) is 0 Å². The normalized spacial score (nSPS) is 10.9. The molecule has 0 saturated heterocycles. The van der Waals surface area contributed by atoms with Crippen LogP contribution in [0.5, 0.6) is 0 Å². The van der Waals surface area contributed by atoms with Crippen LogP contribution >= 0.6 is 0 Å². The average Bonchev–Trinajstić information content (AvgIpc) is 2.44. The lowest BCUT2D eigenvalue weighted by Gasteiger charge is -2.03. The van der Waals surface area contributed by atoms with Crippen molar-refractivity contribution in [3.63, 3.8) is 0 Å². The number of rotatable bonds is 6. The molecule has 5 heteroatoms. The molecule has 0 radical (unpaired) electrons. The summed E-state index contributed by atoms with van der Waals surface area (Å²) in [5.41, 5.74) is 1.39. The lowest BCUT2D eigenvalue weighted by atomic mass is 10.2. The third-order valence-corrected chi connectivity index (χ3v) is 2.27. The van der Waals surface area contributed by atoms with Crippen LogP contribution in [0.2, 0.25) is 0 Å². The molecule has 4 nitrogen and oxygen atoms in total. The summed E-state index contributed by atoms with van der Waals surface area (Å²) >= 11 is 0. The van der Waals surface area contributed by atoms with Gasteiger partial charge in [-0.05, 0) is 19.9 Å². The molecule has 15 heavy (non-hydrogen) atoms. The minimum Gasteiger partial charge on any atom is -0.385 e. The van der Waals surface area contributed by atoms with E-state index >= 15 is 0 Å². The maximum atomic E-state index is 13.4. The van der Waals surface area contributed by atoms with Gasteiger partial charge < -0.3 is 10.1 Å². The lowest BCUT2D eigenvalue weighted by Crippen LogP contribution is -2.17. The molecule has 0 saturated carbocycles. The predicted molar refractivity (Wildman–Crippen MR) is 56.1 cm³/mol. The Morgan fingerprint density at radius 1 is 1.53 bits per heavy atom. The molecule has 0 atom stereocenters. The number of methoxy groups -OCH3 is 1. The maximum Gasteiger partial charge on any atom is 0.215 e. The van der Waals surface area contributed by atoms with E-state index in [1.54, 1.807) is 14.2 Å². The molecule has 0 aliphatic heterocycles. The monoisotopic (exact) mass is 215 g/mol. The van der Waals surface area contributed by atoms with Crippen molar-refractivity contribution < 1.29 is 9.13 Å². The van der Waals surface area contributed by atoms with Crippen molar-refractivity contribution in [1.82, 2.24) is 15.1 Å². The number of hydrogen-bond acceptors (Lipinski definition) is 3. The van der Waals surface area contributed by atoms with E-state index < -0.39 is 0 Å². The summed E-state index contributed by atoms with van der Waals surface area (Å²) in [4.78, 5) is 0. The minimum absolute atomic E-state index is 0.258. The molecule has 1 rings (SSSR count). The Morgan fingerprint density at radius 2 is 2.27 bits per heavy atom. The van der Waals surface area contributed by atoms with Gasteiger partial charge in [-0.25, -0.2) is 4.68 Å². The Morgan fingerprint density at radius 3 is 2.80 bits per heavy atom. The fraction of sp³-hybridized carbons (Fsp3) is 0.700. The maximum absolute atomic E-state index is 13.4. The van der Waals surface area contributed by atoms with E-state index in [4.69, 9.17) is 4.74 Å². The average molecular weight is 215 g/mol. The SMILES string of the molecule is COCCCNCc1c(C)nn(C)c1F. The Bertz CT molecular complexity index is 312. The number of hydrogen-bond donors (Lipinski definition) is 1. The molecular formula is C10H18FN3O. The molecule has 0 amide bonds. The first-order valence-corrected chi connectivity index (χ1v) is 5.04. The molecule has 0 aromatic carbocycles. The van der Waals surface area contributed by atoms with E-state index in [2.05, 4.69) is 10.4 Å². The summed E-state index contributed by atoms with van der Waals surface area (Å²) in [7, 11) is 3.28. The summed E-state index contributed by atoms with van der Waals surface area (Å²) in [5, 5.41) is 7.16. The van der Waals surface area contributed by atoms with Gasteiger partial charge in [-0.2, -0.15) is 9.49 Å². The third-order valence-electron chi connectivity index (χ3n) is 2.27. The fourth-order valence-electron chi connectivity index (χ4n) is 1.43. The number of aromatic nitrogens is 2. The number of nitrogens with zero attached hydrogens (tertiary/aromatic N) is 2. The Labute approximate surface area is 89.4 Å². The molecule has 0 bridgehead atoms. The second kappa shape index (κ2) is 5.82. The van der Waals surface area contributed by atoms with Crippen LogP contribution in [0.1, 0.15) is 17.7 Å². The third kappa shape index (κ3) is 3.28. The summed E-state index contributed by atoms with van der Waals surface area (Å²) in [6, 6.07) is 0. The molecule has 0 spiro atoms. The Kier molecular flexibility index (Phi) is 4.71. The summed E-state index contributed by atoms with van der Waals surface area (Å²) in [6.07, 6.45) is 0.928. The zero-order valence-electron chi connectivity index (χ0n) is 9.51. The van der Waals surface area contributed by atoms with Gasteiger partial charge in [-0.3, -0.25) is 0 Å². The van der Waals surface area contributed by atoms with Gasteiger partial charge in [0.05, 0.1) is 5.69 Å². The van der Waals surface area contributed by atoms with Crippen molar-refractivity contribution in [2.45, 2.75) is 19.9 Å². The van der Waals surface area contributed by atoms with Crippen LogP contribution in [0.15, 0.2) is 0 Å². The van der Waals surface area contributed by atoms with Crippen molar-refractivity contribution in [3.05, 3.63) is 17.2 Å². The Balaban J connectivity index is 2.37. The highest BCUT2D eigenvalue weighted by Crippen LogP contribution is 2.10. The zero-order chi connectivity index (χ0) is 11.3. The van der Waals surface area contributed by atoms with Crippen LogP contribution < -0.4 is 5.32 Å². The second-order valence-corrected chi connectivity index (χ2v) is 3.50. The van der Waals surface area contributed by atoms with Crippen molar-refractivity contribution in [2.24, 2.45) is 7.05 Å². The van der Waals surface area contributed by atoms with Crippen molar-refractivity contribution >= 4 is 0 Å². The summed E-state index contributed by atoms with van der Waals surface area (Å²) in [6.45, 7) is 3.88. The number of nitrogens with one attached hydrogen (secondary N) is 1.